The Balaban J connectivity index is 1.59. The second-order valence-electron chi connectivity index (χ2n) is 6.72. The lowest BCUT2D eigenvalue weighted by atomic mass is 10.1. The van der Waals surface area contributed by atoms with E-state index in [0.29, 0.717) is 6.07 Å². The van der Waals surface area contributed by atoms with Crippen molar-refractivity contribution in [2.45, 2.75) is 6.04 Å². The topological polar surface area (TPSA) is 97.3 Å². The molecule has 8 nitrogen and oxygen atoms in total. The van der Waals surface area contributed by atoms with Crippen LogP contribution in [0.3, 0.4) is 0 Å². The molecule has 0 fully saturated rings. The minimum absolute atomic E-state index is 0.0365. The maximum Gasteiger partial charge on any atom is 0.289 e. The highest BCUT2D eigenvalue weighted by molar-refractivity contribution is 6.33. The van der Waals surface area contributed by atoms with Gasteiger partial charge in [0.05, 0.1) is 23.1 Å². The molecular formula is C20H13ClF3N5O3. The molecule has 0 spiro atoms. The van der Waals surface area contributed by atoms with Crippen LogP contribution >= 0.6 is 11.6 Å². The van der Waals surface area contributed by atoms with Gasteiger partial charge in [0.15, 0.2) is 11.6 Å². The van der Waals surface area contributed by atoms with Crippen molar-refractivity contribution in [3.63, 3.8) is 0 Å². The number of aromatic nitrogens is 3. The standard InChI is InChI=1S/C20H13ClF3N5O3/c1-29-18-15(5-10(23)6-26-18)32-8-14(20(29)31)27-19(30)17-25-7-12(21)16(28-17)11-3-2-9(22)4-13(11)24/h2-7,14H,8H2,1H3,(H,27,30). The number of carbonyl (C=O) groups excluding carboxylic acids is 2. The van der Waals surface area contributed by atoms with Crippen molar-refractivity contribution in [3.8, 4) is 17.0 Å². The number of rotatable bonds is 3. The number of amides is 2. The van der Waals surface area contributed by atoms with E-state index in [1.165, 1.54) is 7.05 Å². The van der Waals surface area contributed by atoms with Crippen molar-refractivity contribution in [1.82, 2.24) is 20.3 Å². The Morgan fingerprint density at radius 1 is 1.19 bits per heavy atom. The van der Waals surface area contributed by atoms with Crippen molar-refractivity contribution >= 4 is 29.2 Å². The molecule has 3 aromatic rings. The molecule has 0 aliphatic carbocycles. The molecule has 0 saturated heterocycles. The van der Waals surface area contributed by atoms with E-state index in [4.69, 9.17) is 16.3 Å². The van der Waals surface area contributed by atoms with Crippen LogP contribution in [0.4, 0.5) is 19.0 Å². The van der Waals surface area contributed by atoms with Crippen LogP contribution in [0.2, 0.25) is 5.02 Å². The first-order valence-electron chi connectivity index (χ1n) is 9.09. The molecule has 0 bridgehead atoms. The number of ether oxygens (including phenoxy) is 1. The molecule has 12 heteroatoms. The number of anilines is 1. The fraction of sp³-hybridized carbons (Fsp3) is 0.150. The van der Waals surface area contributed by atoms with E-state index in [9.17, 15) is 22.8 Å². The molecule has 1 unspecified atom stereocenters. The molecule has 1 N–H and O–H groups in total. The van der Waals surface area contributed by atoms with Crippen LogP contribution in [0.25, 0.3) is 11.3 Å². The highest BCUT2D eigenvalue weighted by Gasteiger charge is 2.32. The van der Waals surface area contributed by atoms with Gasteiger partial charge in [-0.2, -0.15) is 0 Å². The minimum atomic E-state index is -1.17. The maximum atomic E-state index is 14.2. The van der Waals surface area contributed by atoms with E-state index in [2.05, 4.69) is 20.3 Å². The third-order valence-corrected chi connectivity index (χ3v) is 4.87. The average Bonchev–Trinajstić information content (AvgIpc) is 2.86. The first-order valence-corrected chi connectivity index (χ1v) is 9.47. The molecule has 164 valence electrons. The summed E-state index contributed by atoms with van der Waals surface area (Å²) in [5.41, 5.74) is -0.262. The lowest BCUT2D eigenvalue weighted by Gasteiger charge is -2.19. The van der Waals surface area contributed by atoms with Gasteiger partial charge in [-0.15, -0.1) is 0 Å². The molecule has 2 aromatic heterocycles. The van der Waals surface area contributed by atoms with Gasteiger partial charge in [-0.3, -0.25) is 14.5 Å². The molecule has 3 heterocycles. The van der Waals surface area contributed by atoms with Crippen LogP contribution in [0.5, 0.6) is 5.75 Å². The van der Waals surface area contributed by atoms with Crippen LogP contribution in [-0.4, -0.2) is 46.5 Å². The van der Waals surface area contributed by atoms with Gasteiger partial charge in [0, 0.05) is 24.7 Å². The number of carbonyl (C=O) groups is 2. The van der Waals surface area contributed by atoms with Crippen LogP contribution in [-0.2, 0) is 4.79 Å². The quantitative estimate of drug-likeness (QED) is 0.641. The predicted octanol–water partition coefficient (Wildman–Crippen LogP) is 2.76. The molecule has 0 radical (unpaired) electrons. The summed E-state index contributed by atoms with van der Waals surface area (Å²) in [5.74, 6) is -4.10. The zero-order valence-corrected chi connectivity index (χ0v) is 17.0. The second-order valence-corrected chi connectivity index (χ2v) is 7.13. The smallest absolute Gasteiger partial charge is 0.289 e. The third-order valence-electron chi connectivity index (χ3n) is 4.59. The Kier molecular flexibility index (Phi) is 5.66. The monoisotopic (exact) mass is 463 g/mol. The van der Waals surface area contributed by atoms with Gasteiger partial charge >= 0.3 is 0 Å². The Labute approximate surface area is 184 Å². The van der Waals surface area contributed by atoms with E-state index in [0.717, 1.165) is 35.5 Å². The van der Waals surface area contributed by atoms with Crippen molar-refractivity contribution in [3.05, 3.63) is 65.0 Å². The largest absolute Gasteiger partial charge is 0.487 e. The Morgan fingerprint density at radius 2 is 1.97 bits per heavy atom. The summed E-state index contributed by atoms with van der Waals surface area (Å²) in [6, 6.07) is 2.70. The van der Waals surface area contributed by atoms with Crippen LogP contribution in [0, 0.1) is 17.5 Å². The highest BCUT2D eigenvalue weighted by atomic mass is 35.5. The van der Waals surface area contributed by atoms with E-state index in [1.54, 1.807) is 0 Å². The number of nitrogens with one attached hydrogen (secondary N) is 1. The number of nitrogens with zero attached hydrogens (tertiary/aromatic N) is 4. The fourth-order valence-electron chi connectivity index (χ4n) is 3.03. The molecule has 1 aliphatic heterocycles. The lowest BCUT2D eigenvalue weighted by Crippen LogP contribution is -2.49. The molecule has 4 rings (SSSR count). The summed E-state index contributed by atoms with van der Waals surface area (Å²) < 4.78 is 46.3. The van der Waals surface area contributed by atoms with E-state index >= 15 is 0 Å². The first-order chi connectivity index (χ1) is 15.2. The maximum absolute atomic E-state index is 14.2. The SMILES string of the molecule is CN1C(=O)C(NC(=O)c2ncc(Cl)c(-c3ccc(F)cc3F)n2)COc2cc(F)cnc21. The molecule has 1 atom stereocenters. The fourth-order valence-corrected chi connectivity index (χ4v) is 3.22. The lowest BCUT2D eigenvalue weighted by molar-refractivity contribution is -0.120. The van der Waals surface area contributed by atoms with Crippen LogP contribution in [0.15, 0.2) is 36.7 Å². The van der Waals surface area contributed by atoms with Crippen LogP contribution in [0.1, 0.15) is 10.6 Å². The summed E-state index contributed by atoms with van der Waals surface area (Å²) in [7, 11) is 1.40. The zero-order valence-electron chi connectivity index (χ0n) is 16.3. The summed E-state index contributed by atoms with van der Waals surface area (Å²) in [6.45, 7) is -0.305. The number of halogens is 4. The van der Waals surface area contributed by atoms with Gasteiger partial charge in [-0.05, 0) is 12.1 Å². The van der Waals surface area contributed by atoms with Gasteiger partial charge in [0.1, 0.15) is 30.1 Å². The average molecular weight is 464 g/mol. The molecule has 0 saturated carbocycles. The predicted molar refractivity (Wildman–Crippen MR) is 107 cm³/mol. The van der Waals surface area contributed by atoms with Gasteiger partial charge in [-0.1, -0.05) is 11.6 Å². The van der Waals surface area contributed by atoms with E-state index in [-0.39, 0.29) is 34.5 Å². The summed E-state index contributed by atoms with van der Waals surface area (Å²) in [5, 5.41) is 2.36. The van der Waals surface area contributed by atoms with Crippen molar-refractivity contribution in [1.29, 1.82) is 0 Å². The zero-order chi connectivity index (χ0) is 23.0. The molecular weight excluding hydrogens is 451 g/mol. The Bertz CT molecular complexity index is 1240. The molecule has 2 amide bonds. The summed E-state index contributed by atoms with van der Waals surface area (Å²) >= 11 is 6.03. The Morgan fingerprint density at radius 3 is 2.72 bits per heavy atom. The second kappa shape index (κ2) is 8.42. The van der Waals surface area contributed by atoms with Gasteiger partial charge < -0.3 is 10.1 Å². The van der Waals surface area contributed by atoms with Crippen molar-refractivity contribution < 1.29 is 27.5 Å². The third kappa shape index (κ3) is 4.06. The number of likely N-dealkylation sites (N-methyl/N-ethyl adjacent to an activating group) is 1. The molecule has 32 heavy (non-hydrogen) atoms. The number of hydrogen-bond acceptors (Lipinski definition) is 6. The Hall–Kier alpha value is -3.73. The van der Waals surface area contributed by atoms with Crippen molar-refractivity contribution in [2.24, 2.45) is 0 Å². The van der Waals surface area contributed by atoms with Gasteiger partial charge in [0.25, 0.3) is 11.8 Å². The van der Waals surface area contributed by atoms with E-state index in [1.807, 2.05) is 0 Å². The highest BCUT2D eigenvalue weighted by Crippen LogP contribution is 2.29. The number of benzene rings is 1. The van der Waals surface area contributed by atoms with Crippen LogP contribution < -0.4 is 15.0 Å². The minimum Gasteiger partial charge on any atom is -0.487 e. The summed E-state index contributed by atoms with van der Waals surface area (Å²) in [4.78, 5) is 38.2. The number of hydrogen-bond donors (Lipinski definition) is 1. The number of pyridine rings is 1. The van der Waals surface area contributed by atoms with Crippen molar-refractivity contribution in [2.75, 3.05) is 18.6 Å². The first kappa shape index (κ1) is 21.5. The normalized spacial score (nSPS) is 15.6. The summed E-state index contributed by atoms with van der Waals surface area (Å²) in [6.07, 6.45) is 2.02. The molecule has 1 aliphatic rings. The number of fused-ring (bicyclic) bond motifs is 1. The molecule has 1 aromatic carbocycles. The van der Waals surface area contributed by atoms with Gasteiger partial charge in [-0.25, -0.2) is 28.1 Å². The van der Waals surface area contributed by atoms with E-state index < -0.39 is 41.1 Å². The van der Waals surface area contributed by atoms with Gasteiger partial charge in [0.2, 0.25) is 5.82 Å².